The van der Waals surface area contributed by atoms with Crippen molar-refractivity contribution >= 4 is 23.3 Å². The maximum absolute atomic E-state index is 11.3. The van der Waals surface area contributed by atoms with Gasteiger partial charge < -0.3 is 16.5 Å². The molecule has 1 aromatic heterocycles. The number of nitrogens with one attached hydrogen (secondary N) is 1. The van der Waals surface area contributed by atoms with Gasteiger partial charge >= 0.3 is 0 Å². The van der Waals surface area contributed by atoms with E-state index in [-0.39, 0.29) is 16.6 Å². The summed E-state index contributed by atoms with van der Waals surface area (Å²) in [4.78, 5) is 18.0. The van der Waals surface area contributed by atoms with Crippen molar-refractivity contribution in [2.45, 2.75) is 17.3 Å². The van der Waals surface area contributed by atoms with Crippen molar-refractivity contribution in [3.05, 3.63) is 46.2 Å². The molecule has 0 radical (unpaired) electrons. The van der Waals surface area contributed by atoms with Crippen LogP contribution in [0.4, 0.5) is 11.5 Å². The zero-order valence-electron chi connectivity index (χ0n) is 9.88. The summed E-state index contributed by atoms with van der Waals surface area (Å²) in [6.07, 6.45) is 0. The number of benzene rings is 1. The molecule has 0 aliphatic heterocycles. The van der Waals surface area contributed by atoms with Gasteiger partial charge in [0.1, 0.15) is 5.82 Å². The van der Waals surface area contributed by atoms with Crippen molar-refractivity contribution in [1.82, 2.24) is 9.97 Å². The van der Waals surface area contributed by atoms with E-state index in [9.17, 15) is 4.79 Å². The third-order valence-corrected chi connectivity index (χ3v) is 3.48. The summed E-state index contributed by atoms with van der Waals surface area (Å²) in [5.74, 6) is 0.228. The molecule has 1 unspecified atom stereocenters. The van der Waals surface area contributed by atoms with E-state index < -0.39 is 0 Å². The second-order valence-electron chi connectivity index (χ2n) is 3.90. The molecule has 5 N–H and O–H groups in total. The standard InChI is InChI=1S/C12H14N4OS/c1-7(8-2-4-9(13)5-3-8)18-12-15-10(14)6-11(17)16-12/h2-7H,13H2,1H3,(H3,14,15,16,17). The van der Waals surface area contributed by atoms with E-state index in [1.165, 1.54) is 17.8 Å². The SMILES string of the molecule is CC(Sc1nc(N)cc(=O)[nH]1)c1ccc(N)cc1. The Labute approximate surface area is 109 Å². The van der Waals surface area contributed by atoms with E-state index in [2.05, 4.69) is 9.97 Å². The number of anilines is 2. The number of H-pyrrole nitrogens is 1. The van der Waals surface area contributed by atoms with Gasteiger partial charge in [-0.3, -0.25) is 4.79 Å². The molecule has 2 rings (SSSR count). The van der Waals surface area contributed by atoms with E-state index in [0.29, 0.717) is 5.16 Å². The Morgan fingerprint density at radius 1 is 1.28 bits per heavy atom. The number of aromatic amines is 1. The normalized spacial score (nSPS) is 12.3. The van der Waals surface area contributed by atoms with Gasteiger partial charge in [0.15, 0.2) is 5.16 Å². The fourth-order valence-corrected chi connectivity index (χ4v) is 2.46. The van der Waals surface area contributed by atoms with Gasteiger partial charge in [-0.2, -0.15) is 0 Å². The molecule has 1 atom stereocenters. The summed E-state index contributed by atoms with van der Waals surface area (Å²) in [7, 11) is 0. The maximum atomic E-state index is 11.3. The second kappa shape index (κ2) is 5.14. The fourth-order valence-electron chi connectivity index (χ4n) is 1.51. The second-order valence-corrected chi connectivity index (χ2v) is 5.23. The Bertz CT molecular complexity index is 594. The van der Waals surface area contributed by atoms with E-state index in [0.717, 1.165) is 11.3 Å². The summed E-state index contributed by atoms with van der Waals surface area (Å²) in [6, 6.07) is 8.87. The molecule has 94 valence electrons. The Hall–Kier alpha value is -1.95. The lowest BCUT2D eigenvalue weighted by Gasteiger charge is -2.11. The van der Waals surface area contributed by atoms with Gasteiger partial charge in [0, 0.05) is 17.0 Å². The van der Waals surface area contributed by atoms with Crippen LogP contribution < -0.4 is 17.0 Å². The number of aromatic nitrogens is 2. The average molecular weight is 262 g/mol. The molecule has 0 amide bonds. The van der Waals surface area contributed by atoms with Crippen molar-refractivity contribution in [3.63, 3.8) is 0 Å². The summed E-state index contributed by atoms with van der Waals surface area (Å²) in [5.41, 5.74) is 12.8. The lowest BCUT2D eigenvalue weighted by molar-refractivity contribution is 0.933. The number of nitrogens with zero attached hydrogens (tertiary/aromatic N) is 1. The van der Waals surface area contributed by atoms with Gasteiger partial charge in [-0.25, -0.2) is 4.98 Å². The van der Waals surface area contributed by atoms with Gasteiger partial charge in [-0.1, -0.05) is 23.9 Å². The van der Waals surface area contributed by atoms with Crippen molar-refractivity contribution in [3.8, 4) is 0 Å². The van der Waals surface area contributed by atoms with Crippen molar-refractivity contribution < 1.29 is 0 Å². The highest BCUT2D eigenvalue weighted by molar-refractivity contribution is 7.99. The Morgan fingerprint density at radius 3 is 2.56 bits per heavy atom. The number of nitrogen functional groups attached to an aromatic ring is 2. The first-order valence-corrected chi connectivity index (χ1v) is 6.31. The fraction of sp³-hybridized carbons (Fsp3) is 0.167. The lowest BCUT2D eigenvalue weighted by Crippen LogP contribution is -2.09. The highest BCUT2D eigenvalue weighted by Crippen LogP contribution is 2.32. The first-order chi connectivity index (χ1) is 8.54. The number of hydrogen-bond acceptors (Lipinski definition) is 5. The molecule has 6 heteroatoms. The molecule has 0 aliphatic carbocycles. The molecule has 0 saturated carbocycles. The zero-order valence-corrected chi connectivity index (χ0v) is 10.7. The van der Waals surface area contributed by atoms with Gasteiger partial charge in [0.2, 0.25) is 0 Å². The molecule has 1 aromatic carbocycles. The van der Waals surface area contributed by atoms with Crippen LogP contribution in [0, 0.1) is 0 Å². The predicted octanol–water partition coefficient (Wildman–Crippen LogP) is 1.79. The van der Waals surface area contributed by atoms with Crippen LogP contribution in [0.15, 0.2) is 40.3 Å². The Balaban J connectivity index is 2.18. The predicted molar refractivity (Wildman–Crippen MR) is 74.4 cm³/mol. The average Bonchev–Trinajstić information content (AvgIpc) is 2.28. The molecule has 0 aliphatic rings. The van der Waals surface area contributed by atoms with Crippen LogP contribution in [0.2, 0.25) is 0 Å². The molecule has 1 heterocycles. The third kappa shape index (κ3) is 3.04. The first kappa shape index (κ1) is 12.5. The van der Waals surface area contributed by atoms with Crippen LogP contribution in [-0.4, -0.2) is 9.97 Å². The van der Waals surface area contributed by atoms with Crippen molar-refractivity contribution in [2.75, 3.05) is 11.5 Å². The van der Waals surface area contributed by atoms with Crippen LogP contribution in [0.5, 0.6) is 0 Å². The number of thioether (sulfide) groups is 1. The minimum atomic E-state index is -0.241. The van der Waals surface area contributed by atoms with Gasteiger partial charge in [-0.15, -0.1) is 0 Å². The van der Waals surface area contributed by atoms with Crippen molar-refractivity contribution in [2.24, 2.45) is 0 Å². The summed E-state index contributed by atoms with van der Waals surface area (Å²) in [5, 5.41) is 0.667. The Kier molecular flexibility index (Phi) is 3.57. The molecule has 0 saturated heterocycles. The van der Waals surface area contributed by atoms with Gasteiger partial charge in [-0.05, 0) is 24.6 Å². The molecular weight excluding hydrogens is 248 g/mol. The molecular formula is C12H14N4OS. The number of hydrogen-bond donors (Lipinski definition) is 3. The minimum absolute atomic E-state index is 0.149. The maximum Gasteiger partial charge on any atom is 0.253 e. The molecule has 0 fully saturated rings. The molecule has 18 heavy (non-hydrogen) atoms. The minimum Gasteiger partial charge on any atom is -0.399 e. The van der Waals surface area contributed by atoms with Crippen molar-refractivity contribution in [1.29, 1.82) is 0 Å². The zero-order chi connectivity index (χ0) is 13.1. The summed E-state index contributed by atoms with van der Waals surface area (Å²) in [6.45, 7) is 2.03. The van der Waals surface area contributed by atoms with Gasteiger partial charge in [0.05, 0.1) is 0 Å². The quantitative estimate of drug-likeness (QED) is 0.445. The van der Waals surface area contributed by atoms with E-state index in [1.54, 1.807) is 0 Å². The number of rotatable bonds is 3. The summed E-state index contributed by atoms with van der Waals surface area (Å²) >= 11 is 1.44. The van der Waals surface area contributed by atoms with E-state index in [4.69, 9.17) is 11.5 Å². The lowest BCUT2D eigenvalue weighted by atomic mass is 10.1. The highest BCUT2D eigenvalue weighted by Gasteiger charge is 2.09. The van der Waals surface area contributed by atoms with E-state index in [1.807, 2.05) is 31.2 Å². The van der Waals surface area contributed by atoms with Crippen LogP contribution in [-0.2, 0) is 0 Å². The highest BCUT2D eigenvalue weighted by atomic mass is 32.2. The summed E-state index contributed by atoms with van der Waals surface area (Å²) < 4.78 is 0. The molecule has 0 spiro atoms. The third-order valence-electron chi connectivity index (χ3n) is 2.43. The van der Waals surface area contributed by atoms with Gasteiger partial charge in [0.25, 0.3) is 5.56 Å². The van der Waals surface area contributed by atoms with Crippen LogP contribution in [0.3, 0.4) is 0 Å². The van der Waals surface area contributed by atoms with Crippen LogP contribution in [0.1, 0.15) is 17.7 Å². The first-order valence-electron chi connectivity index (χ1n) is 5.43. The topological polar surface area (TPSA) is 97.8 Å². The molecule has 5 nitrogen and oxygen atoms in total. The van der Waals surface area contributed by atoms with Crippen LogP contribution in [0.25, 0.3) is 0 Å². The van der Waals surface area contributed by atoms with E-state index >= 15 is 0 Å². The van der Waals surface area contributed by atoms with Crippen LogP contribution >= 0.6 is 11.8 Å². The molecule has 0 bridgehead atoms. The largest absolute Gasteiger partial charge is 0.399 e. The number of nitrogens with two attached hydrogens (primary N) is 2. The Morgan fingerprint density at radius 2 is 1.94 bits per heavy atom. The smallest absolute Gasteiger partial charge is 0.253 e. The monoisotopic (exact) mass is 262 g/mol. The molecule has 2 aromatic rings.